The largest absolute Gasteiger partial charge is 0.385 e. The number of aromatic nitrogens is 3. The van der Waals surface area contributed by atoms with Gasteiger partial charge in [0.1, 0.15) is 5.82 Å². The minimum atomic E-state index is -1.07. The molecule has 4 rings (SSSR count). The fourth-order valence-electron chi connectivity index (χ4n) is 3.47. The molecule has 140 valence electrons. The van der Waals surface area contributed by atoms with Crippen LogP contribution in [0.4, 0.5) is 5.82 Å². The third-order valence-corrected chi connectivity index (χ3v) is 5.05. The van der Waals surface area contributed by atoms with Gasteiger partial charge in [0.05, 0.1) is 12.0 Å². The van der Waals surface area contributed by atoms with Gasteiger partial charge in [-0.15, -0.1) is 0 Å². The summed E-state index contributed by atoms with van der Waals surface area (Å²) in [4.78, 5) is 11.3. The Bertz CT molecular complexity index is 869. The molecule has 1 saturated heterocycles. The molecule has 0 saturated carbocycles. The second-order valence-electron chi connectivity index (χ2n) is 7.28. The minimum Gasteiger partial charge on any atom is -0.385 e. The number of nitrogens with zero attached hydrogens (tertiary/aromatic N) is 4. The van der Waals surface area contributed by atoms with Crippen LogP contribution in [0.1, 0.15) is 37.6 Å². The average Bonchev–Trinajstić information content (AvgIpc) is 3.17. The second-order valence-corrected chi connectivity index (χ2v) is 7.28. The molecule has 1 atom stereocenters. The van der Waals surface area contributed by atoms with Gasteiger partial charge >= 0.3 is 0 Å². The van der Waals surface area contributed by atoms with Crippen LogP contribution < -0.4 is 4.90 Å². The van der Waals surface area contributed by atoms with Gasteiger partial charge in [0.15, 0.2) is 0 Å². The molecule has 0 spiro atoms. The van der Waals surface area contributed by atoms with E-state index in [1.54, 1.807) is 13.1 Å². The number of pyridine rings is 1. The van der Waals surface area contributed by atoms with Crippen molar-refractivity contribution < 1.29 is 9.63 Å². The quantitative estimate of drug-likeness (QED) is 0.746. The smallest absolute Gasteiger partial charge is 0.230 e. The van der Waals surface area contributed by atoms with E-state index >= 15 is 0 Å². The molecule has 1 N–H and O–H groups in total. The van der Waals surface area contributed by atoms with Gasteiger partial charge < -0.3 is 14.5 Å². The van der Waals surface area contributed by atoms with Crippen molar-refractivity contribution in [3.05, 3.63) is 60.1 Å². The monoisotopic (exact) mass is 364 g/mol. The van der Waals surface area contributed by atoms with Crippen LogP contribution in [0.2, 0.25) is 0 Å². The Morgan fingerprint density at radius 2 is 1.85 bits per heavy atom. The van der Waals surface area contributed by atoms with Crippen LogP contribution in [0, 0.1) is 0 Å². The predicted molar refractivity (Wildman–Crippen MR) is 103 cm³/mol. The number of rotatable bonds is 5. The zero-order valence-corrected chi connectivity index (χ0v) is 15.5. The van der Waals surface area contributed by atoms with Gasteiger partial charge in [-0.05, 0) is 43.9 Å². The highest BCUT2D eigenvalue weighted by atomic mass is 16.5. The third-order valence-electron chi connectivity index (χ3n) is 5.05. The number of hydrogen-bond donors (Lipinski definition) is 1. The molecule has 2 aromatic heterocycles. The number of benzene rings is 1. The van der Waals surface area contributed by atoms with Crippen molar-refractivity contribution in [2.45, 2.75) is 38.2 Å². The van der Waals surface area contributed by atoms with E-state index in [0.717, 1.165) is 30.0 Å². The summed E-state index contributed by atoms with van der Waals surface area (Å²) in [7, 11) is 0. The molecule has 0 radical (unpaired) electrons. The lowest BCUT2D eigenvalue weighted by molar-refractivity contribution is 0.0490. The fourth-order valence-corrected chi connectivity index (χ4v) is 3.47. The lowest BCUT2D eigenvalue weighted by Crippen LogP contribution is -2.29. The van der Waals surface area contributed by atoms with Gasteiger partial charge in [-0.2, -0.15) is 4.98 Å². The van der Waals surface area contributed by atoms with Crippen molar-refractivity contribution in [2.24, 2.45) is 0 Å². The maximum Gasteiger partial charge on any atom is 0.230 e. The van der Waals surface area contributed by atoms with E-state index in [0.29, 0.717) is 11.7 Å². The molecular weight excluding hydrogens is 340 g/mol. The second kappa shape index (κ2) is 7.48. The Labute approximate surface area is 158 Å². The van der Waals surface area contributed by atoms with E-state index in [1.165, 1.54) is 19.3 Å². The van der Waals surface area contributed by atoms with Crippen molar-refractivity contribution in [3.63, 3.8) is 0 Å². The first-order valence-electron chi connectivity index (χ1n) is 9.44. The maximum absolute atomic E-state index is 10.8. The molecule has 6 heteroatoms. The summed E-state index contributed by atoms with van der Waals surface area (Å²) < 4.78 is 5.36. The lowest BCUT2D eigenvalue weighted by atomic mass is 9.93. The van der Waals surface area contributed by atoms with E-state index < -0.39 is 5.60 Å². The van der Waals surface area contributed by atoms with Crippen molar-refractivity contribution in [1.29, 1.82) is 0 Å². The number of aliphatic hydroxyl groups is 1. The maximum atomic E-state index is 10.8. The summed E-state index contributed by atoms with van der Waals surface area (Å²) in [6.45, 7) is 3.88. The molecule has 27 heavy (non-hydrogen) atoms. The Kier molecular flexibility index (Phi) is 4.90. The topological polar surface area (TPSA) is 75.3 Å². The highest BCUT2D eigenvalue weighted by molar-refractivity contribution is 5.56. The van der Waals surface area contributed by atoms with Crippen molar-refractivity contribution in [1.82, 2.24) is 15.1 Å². The molecule has 1 fully saturated rings. The third kappa shape index (κ3) is 4.01. The van der Waals surface area contributed by atoms with Crippen LogP contribution in [0.25, 0.3) is 11.4 Å². The van der Waals surface area contributed by atoms with E-state index in [2.05, 4.69) is 20.0 Å². The lowest BCUT2D eigenvalue weighted by Gasteiger charge is -2.27. The summed E-state index contributed by atoms with van der Waals surface area (Å²) in [5, 5.41) is 14.8. The van der Waals surface area contributed by atoms with E-state index in [1.807, 2.05) is 42.5 Å². The van der Waals surface area contributed by atoms with Crippen LogP contribution in [-0.4, -0.2) is 33.3 Å². The summed E-state index contributed by atoms with van der Waals surface area (Å²) in [5.41, 5.74) is 0.559. The number of anilines is 1. The molecular formula is C21H24N4O2. The fraction of sp³-hybridized carbons (Fsp3) is 0.381. The zero-order chi connectivity index (χ0) is 18.7. The van der Waals surface area contributed by atoms with E-state index in [-0.39, 0.29) is 6.42 Å². The number of hydrogen-bond acceptors (Lipinski definition) is 6. The Hall–Kier alpha value is -2.73. The molecule has 6 nitrogen and oxygen atoms in total. The predicted octanol–water partition coefficient (Wildman–Crippen LogP) is 3.57. The van der Waals surface area contributed by atoms with Crippen molar-refractivity contribution in [2.75, 3.05) is 18.0 Å². The SMILES string of the molecule is CC(O)(Cc1nc(-c2ccc(N3CCCCC3)nc2)no1)c1ccccc1. The molecule has 3 aromatic rings. The van der Waals surface area contributed by atoms with Gasteiger partial charge in [-0.25, -0.2) is 4.98 Å². The van der Waals surface area contributed by atoms with Crippen LogP contribution >= 0.6 is 0 Å². The highest BCUT2D eigenvalue weighted by Crippen LogP contribution is 2.26. The minimum absolute atomic E-state index is 0.253. The van der Waals surface area contributed by atoms with Gasteiger partial charge in [-0.3, -0.25) is 0 Å². The first-order chi connectivity index (χ1) is 13.1. The van der Waals surface area contributed by atoms with E-state index in [9.17, 15) is 5.11 Å². The Morgan fingerprint density at radius 1 is 1.07 bits per heavy atom. The molecule has 1 aromatic carbocycles. The first kappa shape index (κ1) is 17.7. The Morgan fingerprint density at radius 3 is 2.56 bits per heavy atom. The summed E-state index contributed by atoms with van der Waals surface area (Å²) in [5.74, 6) is 1.89. The average molecular weight is 364 g/mol. The van der Waals surface area contributed by atoms with Gasteiger partial charge in [-0.1, -0.05) is 35.5 Å². The summed E-state index contributed by atoms with van der Waals surface area (Å²) in [6.07, 6.45) is 5.78. The van der Waals surface area contributed by atoms with E-state index in [4.69, 9.17) is 4.52 Å². The standard InChI is InChI=1S/C21H24N4O2/c1-21(26,17-8-4-2-5-9-17)14-19-23-20(24-27-19)16-10-11-18(22-15-16)25-12-6-3-7-13-25/h2,4-5,8-11,15,26H,3,6-7,12-14H2,1H3. The van der Waals surface area contributed by atoms with Gasteiger partial charge in [0, 0.05) is 24.8 Å². The first-order valence-corrected chi connectivity index (χ1v) is 9.44. The van der Waals surface area contributed by atoms with Crippen LogP contribution in [0.15, 0.2) is 53.2 Å². The Balaban J connectivity index is 1.47. The normalized spacial score (nSPS) is 16.9. The summed E-state index contributed by atoms with van der Waals surface area (Å²) >= 11 is 0. The number of piperidine rings is 1. The zero-order valence-electron chi connectivity index (χ0n) is 15.5. The molecule has 3 heterocycles. The molecule has 0 bridgehead atoms. The van der Waals surface area contributed by atoms with Gasteiger partial charge in [0.25, 0.3) is 0 Å². The van der Waals surface area contributed by atoms with Crippen LogP contribution in [-0.2, 0) is 12.0 Å². The summed E-state index contributed by atoms with van der Waals surface area (Å²) in [6, 6.07) is 13.5. The molecule has 1 aliphatic rings. The van der Waals surface area contributed by atoms with Gasteiger partial charge in [0.2, 0.25) is 11.7 Å². The highest BCUT2D eigenvalue weighted by Gasteiger charge is 2.26. The molecule has 1 unspecified atom stereocenters. The molecule has 0 amide bonds. The molecule has 0 aliphatic carbocycles. The molecule has 1 aliphatic heterocycles. The van der Waals surface area contributed by atoms with Crippen molar-refractivity contribution in [3.8, 4) is 11.4 Å². The van der Waals surface area contributed by atoms with Crippen LogP contribution in [0.3, 0.4) is 0 Å². The van der Waals surface area contributed by atoms with Crippen LogP contribution in [0.5, 0.6) is 0 Å². The van der Waals surface area contributed by atoms with Crippen molar-refractivity contribution >= 4 is 5.82 Å².